The number of carbonyl (C=O) groups excluding carboxylic acids is 1. The van der Waals surface area contributed by atoms with Crippen molar-refractivity contribution in [3.63, 3.8) is 0 Å². The van der Waals surface area contributed by atoms with Gasteiger partial charge in [-0.25, -0.2) is 4.98 Å². The Bertz CT molecular complexity index is 643. The Balaban J connectivity index is 1.67. The molecule has 1 aliphatic carbocycles. The normalized spacial score (nSPS) is 14.0. The van der Waals surface area contributed by atoms with Gasteiger partial charge >= 0.3 is 0 Å². The highest BCUT2D eigenvalue weighted by Gasteiger charge is 2.16. The third kappa shape index (κ3) is 3.30. The predicted molar refractivity (Wildman–Crippen MR) is 87.5 cm³/mol. The lowest BCUT2D eigenvalue weighted by molar-refractivity contribution is 0.0954. The number of fused-ring (bicyclic) bond motifs is 1. The number of thiophene rings is 1. The van der Waals surface area contributed by atoms with Crippen molar-refractivity contribution in [1.29, 1.82) is 0 Å². The van der Waals surface area contributed by atoms with E-state index in [4.69, 9.17) is 4.74 Å². The average Bonchev–Trinajstić information content (AvgIpc) is 2.84. The molecule has 3 rings (SSSR count). The summed E-state index contributed by atoms with van der Waals surface area (Å²) in [6.45, 7) is 0.429. The van der Waals surface area contributed by atoms with Gasteiger partial charge in [-0.2, -0.15) is 0 Å². The zero-order valence-electron chi connectivity index (χ0n) is 12.7. The number of carbonyl (C=O) groups is 1. The van der Waals surface area contributed by atoms with E-state index in [1.54, 1.807) is 24.6 Å². The van der Waals surface area contributed by atoms with Gasteiger partial charge < -0.3 is 10.1 Å². The Labute approximate surface area is 134 Å². The Morgan fingerprint density at radius 2 is 2.23 bits per heavy atom. The SMILES string of the molecule is COc1ncccc1CNC(=O)c1cc2c(s1)CCCCC2. The molecule has 0 unspecified atom stereocenters. The number of hydrogen-bond donors (Lipinski definition) is 1. The monoisotopic (exact) mass is 316 g/mol. The number of ether oxygens (including phenoxy) is 1. The fraction of sp³-hybridized carbons (Fsp3) is 0.412. The number of nitrogens with zero attached hydrogens (tertiary/aromatic N) is 1. The third-order valence-corrected chi connectivity index (χ3v) is 5.19. The van der Waals surface area contributed by atoms with Gasteiger partial charge in [-0.05, 0) is 43.4 Å². The van der Waals surface area contributed by atoms with E-state index >= 15 is 0 Å². The fourth-order valence-electron chi connectivity index (χ4n) is 2.78. The zero-order chi connectivity index (χ0) is 15.4. The second-order valence-electron chi connectivity index (χ2n) is 5.47. The van der Waals surface area contributed by atoms with Crippen LogP contribution in [0.2, 0.25) is 0 Å². The standard InChI is InChI=1S/C17H20N2O2S/c1-21-17-13(7-5-9-18-17)11-19-16(20)15-10-12-6-3-2-4-8-14(12)22-15/h5,7,9-10H,2-4,6,8,11H2,1H3,(H,19,20). The zero-order valence-corrected chi connectivity index (χ0v) is 13.5. The quantitative estimate of drug-likeness (QED) is 0.880. The van der Waals surface area contributed by atoms with Crippen molar-refractivity contribution >= 4 is 17.2 Å². The number of amides is 1. The molecule has 2 aromatic rings. The second-order valence-corrected chi connectivity index (χ2v) is 6.61. The number of hydrogen-bond acceptors (Lipinski definition) is 4. The molecule has 0 bridgehead atoms. The van der Waals surface area contributed by atoms with Gasteiger partial charge in [0, 0.05) is 23.2 Å². The summed E-state index contributed by atoms with van der Waals surface area (Å²) in [4.78, 5) is 18.7. The first kappa shape index (κ1) is 15.0. The van der Waals surface area contributed by atoms with Gasteiger partial charge in [0.1, 0.15) is 0 Å². The van der Waals surface area contributed by atoms with Crippen LogP contribution in [0, 0.1) is 0 Å². The number of methoxy groups -OCH3 is 1. The number of rotatable bonds is 4. The molecular weight excluding hydrogens is 296 g/mol. The molecule has 116 valence electrons. The molecule has 5 heteroatoms. The minimum absolute atomic E-state index is 0.0102. The molecule has 1 amide bonds. The van der Waals surface area contributed by atoms with Crippen LogP contribution in [0.1, 0.15) is 44.9 Å². The summed E-state index contributed by atoms with van der Waals surface area (Å²) >= 11 is 1.64. The Kier molecular flexibility index (Phi) is 4.73. The van der Waals surface area contributed by atoms with Crippen LogP contribution in [-0.4, -0.2) is 18.0 Å². The summed E-state index contributed by atoms with van der Waals surface area (Å²) in [6, 6.07) is 5.83. The largest absolute Gasteiger partial charge is 0.481 e. The number of aromatic nitrogens is 1. The van der Waals surface area contributed by atoms with Crippen LogP contribution < -0.4 is 10.1 Å². The summed E-state index contributed by atoms with van der Waals surface area (Å²) in [7, 11) is 1.59. The molecular formula is C17H20N2O2S. The highest BCUT2D eigenvalue weighted by Crippen LogP contribution is 2.29. The first-order valence-corrected chi connectivity index (χ1v) is 8.47. The van der Waals surface area contributed by atoms with Crippen molar-refractivity contribution in [2.75, 3.05) is 7.11 Å². The molecule has 2 heterocycles. The van der Waals surface area contributed by atoms with Crippen molar-refractivity contribution in [2.24, 2.45) is 0 Å². The van der Waals surface area contributed by atoms with Crippen LogP contribution in [-0.2, 0) is 19.4 Å². The molecule has 0 spiro atoms. The molecule has 0 fully saturated rings. The van der Waals surface area contributed by atoms with Gasteiger partial charge in [0.05, 0.1) is 12.0 Å². The van der Waals surface area contributed by atoms with E-state index in [0.717, 1.165) is 23.3 Å². The maximum atomic E-state index is 12.4. The average molecular weight is 316 g/mol. The molecule has 0 aromatic carbocycles. The van der Waals surface area contributed by atoms with Crippen LogP contribution in [0.15, 0.2) is 24.4 Å². The Morgan fingerprint density at radius 3 is 3.09 bits per heavy atom. The van der Waals surface area contributed by atoms with Crippen LogP contribution >= 0.6 is 11.3 Å². The lowest BCUT2D eigenvalue weighted by Gasteiger charge is -2.07. The van der Waals surface area contributed by atoms with Crippen LogP contribution in [0.3, 0.4) is 0 Å². The summed E-state index contributed by atoms with van der Waals surface area (Å²) < 4.78 is 5.20. The van der Waals surface area contributed by atoms with Gasteiger partial charge in [-0.15, -0.1) is 11.3 Å². The van der Waals surface area contributed by atoms with Crippen molar-refractivity contribution in [3.8, 4) is 5.88 Å². The number of aryl methyl sites for hydroxylation is 2. The predicted octanol–water partition coefficient (Wildman–Crippen LogP) is 3.35. The van der Waals surface area contributed by atoms with Crippen LogP contribution in [0.5, 0.6) is 5.88 Å². The maximum absolute atomic E-state index is 12.4. The van der Waals surface area contributed by atoms with Crippen LogP contribution in [0.4, 0.5) is 0 Å². The van der Waals surface area contributed by atoms with Crippen LogP contribution in [0.25, 0.3) is 0 Å². The molecule has 1 aliphatic rings. The first-order valence-electron chi connectivity index (χ1n) is 7.65. The molecule has 0 saturated carbocycles. The molecule has 0 radical (unpaired) electrons. The summed E-state index contributed by atoms with van der Waals surface area (Å²) in [5.41, 5.74) is 2.25. The molecule has 0 aliphatic heterocycles. The molecule has 1 N–H and O–H groups in total. The summed E-state index contributed by atoms with van der Waals surface area (Å²) in [5, 5.41) is 2.97. The van der Waals surface area contributed by atoms with Gasteiger partial charge in [-0.3, -0.25) is 4.79 Å². The van der Waals surface area contributed by atoms with E-state index in [2.05, 4.69) is 16.4 Å². The van der Waals surface area contributed by atoms with Crippen molar-refractivity contribution in [1.82, 2.24) is 10.3 Å². The molecule has 0 saturated heterocycles. The maximum Gasteiger partial charge on any atom is 0.261 e. The molecule has 4 nitrogen and oxygen atoms in total. The minimum atomic E-state index is -0.0102. The molecule has 0 atom stereocenters. The molecule has 2 aromatic heterocycles. The van der Waals surface area contributed by atoms with Gasteiger partial charge in [-0.1, -0.05) is 12.5 Å². The lowest BCUT2D eigenvalue weighted by atomic mass is 10.1. The van der Waals surface area contributed by atoms with Gasteiger partial charge in [0.2, 0.25) is 5.88 Å². The highest BCUT2D eigenvalue weighted by molar-refractivity contribution is 7.14. The first-order chi connectivity index (χ1) is 10.8. The van der Waals surface area contributed by atoms with Gasteiger partial charge in [0.25, 0.3) is 5.91 Å². The Morgan fingerprint density at radius 1 is 1.36 bits per heavy atom. The lowest BCUT2D eigenvalue weighted by Crippen LogP contribution is -2.22. The second kappa shape index (κ2) is 6.92. The summed E-state index contributed by atoms with van der Waals surface area (Å²) in [5.74, 6) is 0.550. The topological polar surface area (TPSA) is 51.2 Å². The smallest absolute Gasteiger partial charge is 0.261 e. The van der Waals surface area contributed by atoms with Crippen molar-refractivity contribution < 1.29 is 9.53 Å². The summed E-state index contributed by atoms with van der Waals surface area (Å²) in [6.07, 6.45) is 7.67. The minimum Gasteiger partial charge on any atom is -0.481 e. The fourth-order valence-corrected chi connectivity index (χ4v) is 3.95. The van der Waals surface area contributed by atoms with E-state index in [9.17, 15) is 4.79 Å². The van der Waals surface area contributed by atoms with E-state index in [0.29, 0.717) is 12.4 Å². The highest BCUT2D eigenvalue weighted by atomic mass is 32.1. The van der Waals surface area contributed by atoms with Crippen molar-refractivity contribution in [2.45, 2.75) is 38.6 Å². The van der Waals surface area contributed by atoms with E-state index in [1.165, 1.54) is 29.7 Å². The van der Waals surface area contributed by atoms with Crippen molar-refractivity contribution in [3.05, 3.63) is 45.3 Å². The third-order valence-electron chi connectivity index (χ3n) is 3.95. The Hall–Kier alpha value is -1.88. The van der Waals surface area contributed by atoms with E-state index in [1.807, 2.05) is 12.1 Å². The molecule has 22 heavy (non-hydrogen) atoms. The van der Waals surface area contributed by atoms with E-state index < -0.39 is 0 Å². The van der Waals surface area contributed by atoms with E-state index in [-0.39, 0.29) is 5.91 Å². The number of pyridine rings is 1. The van der Waals surface area contributed by atoms with Gasteiger partial charge in [0.15, 0.2) is 0 Å². The number of nitrogens with one attached hydrogen (secondary N) is 1.